The van der Waals surface area contributed by atoms with Gasteiger partial charge in [-0.05, 0) is 42.0 Å². The molecule has 0 saturated heterocycles. The summed E-state index contributed by atoms with van der Waals surface area (Å²) >= 11 is 6.28. The third kappa shape index (κ3) is 3.82. The first-order valence-electron chi connectivity index (χ1n) is 8.01. The second-order valence-corrected chi connectivity index (χ2v) is 5.95. The van der Waals surface area contributed by atoms with E-state index in [1.54, 1.807) is 24.3 Å². The van der Waals surface area contributed by atoms with Gasteiger partial charge in [-0.15, -0.1) is 0 Å². The minimum absolute atomic E-state index is 0.122. The van der Waals surface area contributed by atoms with Gasteiger partial charge in [0.1, 0.15) is 12.4 Å². The fourth-order valence-corrected chi connectivity index (χ4v) is 2.76. The van der Waals surface area contributed by atoms with Crippen molar-refractivity contribution >= 4 is 17.4 Å². The number of ketones is 1. The van der Waals surface area contributed by atoms with Crippen LogP contribution in [0.5, 0.6) is 17.2 Å². The Morgan fingerprint density at radius 3 is 2.67 bits per heavy atom. The maximum absolute atomic E-state index is 11.6. The number of Topliss-reactive ketones (excluding diaryl/α,β-unsaturated/α-hetero) is 1. The standard InChI is InChI=1S/C19H19ClO4/c1-2-17(21)14-4-6-15(7-5-14)24-12-13-10-16(20)19-18(11-13)22-8-3-9-23-19/h4-7,10-11H,2-3,8-9,12H2,1H3. The van der Waals surface area contributed by atoms with Gasteiger partial charge in [0.25, 0.3) is 0 Å². The van der Waals surface area contributed by atoms with E-state index >= 15 is 0 Å². The van der Waals surface area contributed by atoms with E-state index < -0.39 is 0 Å². The smallest absolute Gasteiger partial charge is 0.179 e. The Hall–Kier alpha value is -2.20. The molecule has 2 aromatic rings. The average Bonchev–Trinajstić information content (AvgIpc) is 2.85. The van der Waals surface area contributed by atoms with E-state index in [1.807, 2.05) is 19.1 Å². The summed E-state index contributed by atoms with van der Waals surface area (Å²) in [6.07, 6.45) is 1.33. The van der Waals surface area contributed by atoms with Crippen molar-refractivity contribution in [3.8, 4) is 17.2 Å². The number of benzene rings is 2. The van der Waals surface area contributed by atoms with Crippen LogP contribution in [0.15, 0.2) is 36.4 Å². The van der Waals surface area contributed by atoms with E-state index in [0.717, 1.165) is 12.0 Å². The highest BCUT2D eigenvalue weighted by Crippen LogP contribution is 2.38. The fourth-order valence-electron chi connectivity index (χ4n) is 2.48. The minimum atomic E-state index is 0.122. The lowest BCUT2D eigenvalue weighted by molar-refractivity contribution is 0.0988. The molecule has 0 N–H and O–H groups in total. The number of hydrogen-bond acceptors (Lipinski definition) is 4. The second kappa shape index (κ2) is 7.58. The third-order valence-corrected chi connectivity index (χ3v) is 4.05. The number of hydrogen-bond donors (Lipinski definition) is 0. The molecule has 5 heteroatoms. The summed E-state index contributed by atoms with van der Waals surface area (Å²) < 4.78 is 17.1. The van der Waals surface area contributed by atoms with Gasteiger partial charge in [-0.2, -0.15) is 0 Å². The number of fused-ring (bicyclic) bond motifs is 1. The van der Waals surface area contributed by atoms with Crippen molar-refractivity contribution in [3.05, 3.63) is 52.5 Å². The van der Waals surface area contributed by atoms with Gasteiger partial charge in [0.2, 0.25) is 0 Å². The fraction of sp³-hybridized carbons (Fsp3) is 0.316. The van der Waals surface area contributed by atoms with Crippen LogP contribution in [-0.2, 0) is 6.61 Å². The van der Waals surface area contributed by atoms with Crippen LogP contribution in [0.4, 0.5) is 0 Å². The molecule has 0 aromatic heterocycles. The molecule has 0 amide bonds. The Morgan fingerprint density at radius 1 is 1.17 bits per heavy atom. The Bertz CT molecular complexity index is 725. The maximum Gasteiger partial charge on any atom is 0.179 e. The summed E-state index contributed by atoms with van der Waals surface area (Å²) in [6.45, 7) is 3.42. The van der Waals surface area contributed by atoms with E-state index in [0.29, 0.717) is 54.1 Å². The van der Waals surface area contributed by atoms with E-state index in [2.05, 4.69) is 0 Å². The zero-order chi connectivity index (χ0) is 16.9. The molecule has 1 aliphatic heterocycles. The minimum Gasteiger partial charge on any atom is -0.489 e. The molecule has 24 heavy (non-hydrogen) atoms. The summed E-state index contributed by atoms with van der Waals surface area (Å²) in [5.74, 6) is 2.07. The molecular weight excluding hydrogens is 328 g/mol. The van der Waals surface area contributed by atoms with Gasteiger partial charge in [-0.25, -0.2) is 0 Å². The summed E-state index contributed by atoms with van der Waals surface area (Å²) in [5, 5.41) is 0.525. The highest BCUT2D eigenvalue weighted by atomic mass is 35.5. The predicted octanol–water partition coefficient (Wildman–Crippen LogP) is 4.67. The second-order valence-electron chi connectivity index (χ2n) is 5.55. The molecule has 0 saturated carbocycles. The van der Waals surface area contributed by atoms with Gasteiger partial charge in [-0.1, -0.05) is 18.5 Å². The molecule has 0 aliphatic carbocycles. The van der Waals surface area contributed by atoms with Gasteiger partial charge in [0.05, 0.1) is 18.2 Å². The first kappa shape index (κ1) is 16.7. The van der Waals surface area contributed by atoms with Crippen molar-refractivity contribution in [3.63, 3.8) is 0 Å². The largest absolute Gasteiger partial charge is 0.489 e. The molecule has 0 fully saturated rings. The van der Waals surface area contributed by atoms with Gasteiger partial charge < -0.3 is 14.2 Å². The highest BCUT2D eigenvalue weighted by Gasteiger charge is 2.15. The summed E-state index contributed by atoms with van der Waals surface area (Å²) in [4.78, 5) is 11.6. The number of carbonyl (C=O) groups excluding carboxylic acids is 1. The van der Waals surface area contributed by atoms with Crippen molar-refractivity contribution in [2.24, 2.45) is 0 Å². The topological polar surface area (TPSA) is 44.8 Å². The molecule has 0 bridgehead atoms. The zero-order valence-electron chi connectivity index (χ0n) is 13.5. The van der Waals surface area contributed by atoms with Crippen LogP contribution in [0.3, 0.4) is 0 Å². The summed E-state index contributed by atoms with van der Waals surface area (Å²) in [6, 6.07) is 10.9. The molecule has 0 radical (unpaired) electrons. The zero-order valence-corrected chi connectivity index (χ0v) is 14.3. The molecule has 1 aliphatic rings. The normalized spacial score (nSPS) is 13.2. The number of halogens is 1. The van der Waals surface area contributed by atoms with E-state index in [-0.39, 0.29) is 5.78 Å². The van der Waals surface area contributed by atoms with Gasteiger partial charge in [0.15, 0.2) is 17.3 Å². The predicted molar refractivity (Wildman–Crippen MR) is 92.5 cm³/mol. The monoisotopic (exact) mass is 346 g/mol. The van der Waals surface area contributed by atoms with Gasteiger partial charge in [-0.3, -0.25) is 4.79 Å². The highest BCUT2D eigenvalue weighted by molar-refractivity contribution is 6.32. The third-order valence-electron chi connectivity index (χ3n) is 3.76. The first-order chi connectivity index (χ1) is 11.7. The number of rotatable bonds is 5. The molecule has 4 nitrogen and oxygen atoms in total. The Balaban J connectivity index is 1.69. The number of carbonyl (C=O) groups is 1. The maximum atomic E-state index is 11.6. The molecule has 1 heterocycles. The molecule has 2 aromatic carbocycles. The summed E-state index contributed by atoms with van der Waals surface area (Å²) in [7, 11) is 0. The van der Waals surface area contributed by atoms with Crippen LogP contribution in [0.1, 0.15) is 35.7 Å². The van der Waals surface area contributed by atoms with Crippen LogP contribution >= 0.6 is 11.6 Å². The Morgan fingerprint density at radius 2 is 1.92 bits per heavy atom. The lowest BCUT2D eigenvalue weighted by atomic mass is 10.1. The van der Waals surface area contributed by atoms with Crippen molar-refractivity contribution < 1.29 is 19.0 Å². The Labute approximate surface area is 146 Å². The van der Waals surface area contributed by atoms with Gasteiger partial charge in [0, 0.05) is 18.4 Å². The van der Waals surface area contributed by atoms with Crippen LogP contribution in [0.25, 0.3) is 0 Å². The molecular formula is C19H19ClO4. The molecule has 3 rings (SSSR count). The van der Waals surface area contributed by atoms with Gasteiger partial charge >= 0.3 is 0 Å². The van der Waals surface area contributed by atoms with Crippen LogP contribution in [0, 0.1) is 0 Å². The molecule has 0 spiro atoms. The lowest BCUT2D eigenvalue weighted by Gasteiger charge is -2.12. The van der Waals surface area contributed by atoms with Crippen molar-refractivity contribution in [2.45, 2.75) is 26.4 Å². The average molecular weight is 347 g/mol. The van der Waals surface area contributed by atoms with Crippen molar-refractivity contribution in [2.75, 3.05) is 13.2 Å². The summed E-state index contributed by atoms with van der Waals surface area (Å²) in [5.41, 5.74) is 1.60. The van der Waals surface area contributed by atoms with Crippen molar-refractivity contribution in [1.82, 2.24) is 0 Å². The van der Waals surface area contributed by atoms with E-state index in [9.17, 15) is 4.79 Å². The van der Waals surface area contributed by atoms with E-state index in [1.165, 1.54) is 0 Å². The van der Waals surface area contributed by atoms with Crippen LogP contribution in [-0.4, -0.2) is 19.0 Å². The lowest BCUT2D eigenvalue weighted by Crippen LogP contribution is -2.00. The molecule has 0 unspecified atom stereocenters. The van der Waals surface area contributed by atoms with E-state index in [4.69, 9.17) is 25.8 Å². The number of ether oxygens (including phenoxy) is 3. The first-order valence-corrected chi connectivity index (χ1v) is 8.39. The molecule has 0 atom stereocenters. The quantitative estimate of drug-likeness (QED) is 0.738. The SMILES string of the molecule is CCC(=O)c1ccc(OCc2cc(Cl)c3c(c2)OCCCO3)cc1. The molecule has 126 valence electrons. The Kier molecular flexibility index (Phi) is 5.26. The van der Waals surface area contributed by atoms with Crippen molar-refractivity contribution in [1.29, 1.82) is 0 Å². The van der Waals surface area contributed by atoms with Crippen LogP contribution in [0.2, 0.25) is 5.02 Å². The van der Waals surface area contributed by atoms with Crippen LogP contribution < -0.4 is 14.2 Å².